The van der Waals surface area contributed by atoms with E-state index in [0.717, 1.165) is 37.3 Å². The Morgan fingerprint density at radius 1 is 0.643 bits per heavy atom. The molecule has 6 heterocycles. The summed E-state index contributed by atoms with van der Waals surface area (Å²) in [5, 5.41) is 37.9. The number of carbonyl (C=O) groups is 2. The molecule has 0 radical (unpaired) electrons. The molecule has 2 saturated carbocycles. The quantitative estimate of drug-likeness (QED) is 0.0916. The first-order valence-electron chi connectivity index (χ1n) is 28.6. The van der Waals surface area contributed by atoms with Crippen molar-refractivity contribution in [2.24, 2.45) is 35.5 Å². The number of likely N-dealkylation sites (tertiary alicyclic amines) is 1. The zero-order valence-electron chi connectivity index (χ0n) is 46.9. The number of β-amino-alcohol motifs (C(OH)–C–C–N with tert-alkyl or cyclic N) is 1. The third-order valence-electron chi connectivity index (χ3n) is 18.2. The molecule has 6 aromatic rings. The van der Waals surface area contributed by atoms with Crippen molar-refractivity contribution in [2.45, 2.75) is 42.3 Å². The number of nitrogens with zero attached hydrogens (tertiary/aromatic N) is 5. The van der Waals surface area contributed by atoms with Crippen LogP contribution in [0, 0.1) is 47.1 Å². The summed E-state index contributed by atoms with van der Waals surface area (Å²) in [5.74, 6) is 2.53. The van der Waals surface area contributed by atoms with Gasteiger partial charge in [-0.05, 0) is 130 Å². The fourth-order valence-electron chi connectivity index (χ4n) is 13.8. The second kappa shape index (κ2) is 25.6. The topological polar surface area (TPSA) is 199 Å². The number of morpholine rings is 2. The normalized spacial score (nSPS) is 24.4. The van der Waals surface area contributed by atoms with Crippen LogP contribution in [0.4, 0.5) is 31.5 Å². The van der Waals surface area contributed by atoms with Gasteiger partial charge in [-0.2, -0.15) is 0 Å². The molecular formula is C62H69F2N6NaO10S3. The maximum Gasteiger partial charge on any atom is 1.00 e. The second-order valence-electron chi connectivity index (χ2n) is 23.5. The maximum absolute atomic E-state index is 15.3. The molecule has 3 unspecified atom stereocenters. The summed E-state index contributed by atoms with van der Waals surface area (Å²) in [5.41, 5.74) is 1.57. The molecule has 8 aliphatic rings. The van der Waals surface area contributed by atoms with Crippen molar-refractivity contribution in [3.63, 3.8) is 0 Å². The third-order valence-corrected chi connectivity index (χ3v) is 20.9. The SMILES string of the molecule is O=C(c1cccs1)N(CC1[C@H]2CN(CC3(O)Cc4ccccc4C3)C[C@@H]12)c1ccc(N2CCOCC2)c(F)c1.O=C(c1cccs1)N(CC1[C@H]2CNC[C@@H]12)c1ccc(N2CCOCC2)c(F)c1.O=S(=O)([O-])C(O)C1(O)Cc2ccccc2C1.[Na+]. The first kappa shape index (κ1) is 61.0. The van der Waals surface area contributed by atoms with Crippen LogP contribution in [0.3, 0.4) is 0 Å². The Morgan fingerprint density at radius 3 is 1.45 bits per heavy atom. The number of piperidine rings is 2. The number of ether oxygens (including phenoxy) is 2. The molecule has 14 rings (SSSR count). The van der Waals surface area contributed by atoms with E-state index < -0.39 is 26.8 Å². The van der Waals surface area contributed by atoms with Gasteiger partial charge in [-0.3, -0.25) is 14.5 Å². The largest absolute Gasteiger partial charge is 1.00 e. The molecule has 4 aliphatic carbocycles. The zero-order chi connectivity index (χ0) is 57.6. The minimum atomic E-state index is -4.91. The Bertz CT molecular complexity index is 3340. The second-order valence-corrected chi connectivity index (χ2v) is 26.8. The van der Waals surface area contributed by atoms with Crippen LogP contribution < -0.4 is 54.5 Å². The van der Waals surface area contributed by atoms with E-state index in [1.165, 1.54) is 45.9 Å². The van der Waals surface area contributed by atoms with Crippen molar-refractivity contribution < 1.29 is 85.7 Å². The van der Waals surface area contributed by atoms with Gasteiger partial charge >= 0.3 is 29.6 Å². The van der Waals surface area contributed by atoms with Gasteiger partial charge in [0.2, 0.25) is 0 Å². The Kier molecular flexibility index (Phi) is 18.6. The molecule has 84 heavy (non-hydrogen) atoms. The molecule has 22 heteroatoms. The maximum atomic E-state index is 15.3. The van der Waals surface area contributed by atoms with Crippen LogP contribution >= 0.6 is 22.7 Å². The van der Waals surface area contributed by atoms with Crippen molar-refractivity contribution in [1.29, 1.82) is 0 Å². The number of carbonyl (C=O) groups excluding carboxylic acids is 2. The van der Waals surface area contributed by atoms with Crippen molar-refractivity contribution in [3.05, 3.63) is 164 Å². The van der Waals surface area contributed by atoms with Gasteiger partial charge in [0.05, 0.1) is 53.2 Å². The zero-order valence-corrected chi connectivity index (χ0v) is 51.4. The van der Waals surface area contributed by atoms with Crippen LogP contribution in [0.2, 0.25) is 0 Å². The van der Waals surface area contributed by atoms with Gasteiger partial charge in [0.15, 0.2) is 5.44 Å². The summed E-state index contributed by atoms with van der Waals surface area (Å²) in [6.45, 7) is 11.0. The molecule has 4 aromatic carbocycles. The van der Waals surface area contributed by atoms with Gasteiger partial charge in [0.25, 0.3) is 11.8 Å². The molecule has 4 N–H and O–H groups in total. The van der Waals surface area contributed by atoms with Gasteiger partial charge in [0.1, 0.15) is 27.4 Å². The van der Waals surface area contributed by atoms with E-state index >= 15 is 4.39 Å². The van der Waals surface area contributed by atoms with Crippen LogP contribution in [0.5, 0.6) is 0 Å². The minimum Gasteiger partial charge on any atom is -0.746 e. The number of aliphatic hydroxyl groups excluding tert-OH is 1. The molecule has 4 saturated heterocycles. The van der Waals surface area contributed by atoms with E-state index in [9.17, 15) is 42.3 Å². The van der Waals surface area contributed by atoms with E-state index in [4.69, 9.17) is 9.47 Å². The number of fused-ring (bicyclic) bond motifs is 4. The molecule has 6 fully saturated rings. The van der Waals surface area contributed by atoms with Gasteiger partial charge in [0, 0.05) is 96.0 Å². The van der Waals surface area contributed by atoms with Crippen LogP contribution in [0.25, 0.3) is 0 Å². The van der Waals surface area contributed by atoms with Gasteiger partial charge in [-0.25, -0.2) is 17.2 Å². The van der Waals surface area contributed by atoms with Crippen LogP contribution in [-0.2, 0) is 45.3 Å². The number of rotatable bonds is 14. The Morgan fingerprint density at radius 2 is 1.06 bits per heavy atom. The van der Waals surface area contributed by atoms with Gasteiger partial charge in [-0.1, -0.05) is 60.7 Å². The third kappa shape index (κ3) is 13.3. The van der Waals surface area contributed by atoms with E-state index in [0.29, 0.717) is 153 Å². The molecular weight excluding hydrogens is 1150 g/mol. The first-order valence-corrected chi connectivity index (χ1v) is 31.8. The van der Waals surface area contributed by atoms with E-state index in [1.54, 1.807) is 46.2 Å². The van der Waals surface area contributed by atoms with Crippen LogP contribution in [-0.4, -0.2) is 160 Å². The summed E-state index contributed by atoms with van der Waals surface area (Å²) < 4.78 is 73.2. The molecule has 440 valence electrons. The fourth-order valence-corrected chi connectivity index (χ4v) is 15.8. The van der Waals surface area contributed by atoms with Crippen molar-refractivity contribution in [1.82, 2.24) is 10.2 Å². The Hall–Kier alpha value is -4.69. The predicted molar refractivity (Wildman–Crippen MR) is 314 cm³/mol. The molecule has 2 aromatic heterocycles. The van der Waals surface area contributed by atoms with Crippen molar-refractivity contribution in [2.75, 3.05) is 118 Å². The minimum absolute atomic E-state index is 0. The van der Waals surface area contributed by atoms with Crippen LogP contribution in [0.15, 0.2) is 120 Å². The number of benzene rings is 4. The number of anilines is 4. The number of halogens is 2. The smallest absolute Gasteiger partial charge is 0.746 e. The summed E-state index contributed by atoms with van der Waals surface area (Å²) in [7, 11) is -4.91. The molecule has 4 aliphatic heterocycles. The monoisotopic (exact) mass is 1210 g/mol. The predicted octanol–water partition coefficient (Wildman–Crippen LogP) is 3.30. The fraction of sp³-hybridized carbons (Fsp3) is 0.452. The average Bonchev–Trinajstić information content (AvgIpc) is 2.08. The van der Waals surface area contributed by atoms with E-state index in [-0.39, 0.29) is 65.8 Å². The summed E-state index contributed by atoms with van der Waals surface area (Å²) in [4.78, 5) is 38.1. The molecule has 2 amide bonds. The number of aliphatic hydroxyl groups is 3. The summed E-state index contributed by atoms with van der Waals surface area (Å²) in [6.07, 6.45) is 1.39. The number of thiophene rings is 2. The van der Waals surface area contributed by atoms with E-state index in [2.05, 4.69) is 22.3 Å². The van der Waals surface area contributed by atoms with Crippen LogP contribution in [0.1, 0.15) is 41.6 Å². The summed E-state index contributed by atoms with van der Waals surface area (Å²) >= 11 is 2.86. The summed E-state index contributed by atoms with van der Waals surface area (Å²) in [6, 6.07) is 33.2. The molecule has 7 atom stereocenters. The molecule has 0 spiro atoms. The number of nitrogens with one attached hydrogen (secondary N) is 1. The van der Waals surface area contributed by atoms with Gasteiger partial charge in [-0.15, -0.1) is 22.7 Å². The molecule has 16 nitrogen and oxygen atoms in total. The number of hydrogen-bond donors (Lipinski definition) is 4. The van der Waals surface area contributed by atoms with Crippen molar-refractivity contribution in [3.8, 4) is 0 Å². The first-order chi connectivity index (χ1) is 40.0. The average molecular weight is 1220 g/mol. The standard InChI is InChI=1S/C31H34FN3O3S.C21H24FN3O2S.C10H12O5S.Na/c32-27-14-23(7-8-28(27)34-9-11-38-12-10-34)35(30(36)29-6-3-13-39-29)19-26-24-17-33(18-25(24)26)20-31(37)15-21-4-1-2-5-22(21)16-31;22-18-10-14(3-4-19(18)24-5-7-27-8-6-24)25(21(26)20-2-1-9-28-20)13-17-15-11-23-12-16(15)17;11-9(16(13,14)15)10(12)5-7-3-1-2-4-8(7)6-10;/h1-8,13-14,24-26,37H,9-12,15-20H2;1-4,9-10,15-17,23H,5-8,11-13H2;1-4,9,11-12H,5-6H2,(H,13,14,15);/q;;;+1/p-1/t24-,25+,26?;15-,16+,17?;;. The van der Waals surface area contributed by atoms with Crippen molar-refractivity contribution >= 4 is 67.4 Å². The Labute approximate surface area is 519 Å². The molecule has 0 bridgehead atoms. The Balaban J connectivity index is 0.000000143. The van der Waals surface area contributed by atoms with E-state index in [1.807, 2.05) is 69.1 Å². The number of hydrogen-bond acceptors (Lipinski definition) is 16. The number of amides is 2. The van der Waals surface area contributed by atoms with Gasteiger partial charge < -0.3 is 54.3 Å².